The lowest BCUT2D eigenvalue weighted by molar-refractivity contribution is -0.119. The van der Waals surface area contributed by atoms with Gasteiger partial charge in [0.05, 0.1) is 40.7 Å². The molecule has 2 aromatic carbocycles. The van der Waals surface area contributed by atoms with Crippen LogP contribution in [0.15, 0.2) is 66.9 Å². The van der Waals surface area contributed by atoms with E-state index in [1.165, 1.54) is 16.2 Å². The number of nitrogens with zero attached hydrogens (tertiary/aromatic N) is 4. The Morgan fingerprint density at radius 2 is 1.76 bits per heavy atom. The smallest absolute Gasteiger partial charge is 0.262 e. The summed E-state index contributed by atoms with van der Waals surface area (Å²) in [4.78, 5) is 50.3. The highest BCUT2D eigenvalue weighted by atomic mass is 32.1. The van der Waals surface area contributed by atoms with Gasteiger partial charge in [0.2, 0.25) is 5.91 Å². The molecule has 0 radical (unpaired) electrons. The zero-order valence-electron chi connectivity index (χ0n) is 17.6. The highest BCUT2D eigenvalue weighted by Gasteiger charge is 2.37. The van der Waals surface area contributed by atoms with Crippen molar-refractivity contribution in [2.45, 2.75) is 6.54 Å². The number of methoxy groups -OCH3 is 1. The van der Waals surface area contributed by atoms with E-state index in [0.29, 0.717) is 27.7 Å². The number of hydrogen-bond acceptors (Lipinski definition) is 7. The van der Waals surface area contributed by atoms with E-state index in [1.807, 2.05) is 18.2 Å². The molecule has 0 atom stereocenters. The van der Waals surface area contributed by atoms with Gasteiger partial charge in [0.1, 0.15) is 12.3 Å². The molecule has 1 aliphatic rings. The van der Waals surface area contributed by atoms with Crippen LogP contribution in [0.4, 0.5) is 5.13 Å². The Hall–Kier alpha value is -4.11. The van der Waals surface area contributed by atoms with Crippen LogP contribution in [0.2, 0.25) is 0 Å². The second-order valence-electron chi connectivity index (χ2n) is 7.37. The maximum Gasteiger partial charge on any atom is 0.262 e. The molecule has 9 heteroatoms. The third kappa shape index (κ3) is 3.83. The number of hydrogen-bond donors (Lipinski definition) is 0. The first-order valence-electron chi connectivity index (χ1n) is 10.2. The molecular weight excluding hydrogens is 440 g/mol. The molecule has 164 valence electrons. The highest BCUT2D eigenvalue weighted by molar-refractivity contribution is 7.22. The van der Waals surface area contributed by atoms with Gasteiger partial charge >= 0.3 is 0 Å². The molecule has 0 saturated heterocycles. The Balaban J connectivity index is 1.48. The van der Waals surface area contributed by atoms with Gasteiger partial charge in [0.25, 0.3) is 11.8 Å². The van der Waals surface area contributed by atoms with Crippen molar-refractivity contribution in [2.75, 3.05) is 18.6 Å². The number of rotatable bonds is 6. The number of thiazole rings is 1. The van der Waals surface area contributed by atoms with Crippen molar-refractivity contribution in [3.8, 4) is 5.75 Å². The van der Waals surface area contributed by atoms with Crippen molar-refractivity contribution >= 4 is 44.4 Å². The molecule has 0 fully saturated rings. The average Bonchev–Trinajstić information content (AvgIpc) is 3.37. The van der Waals surface area contributed by atoms with Crippen LogP contribution in [-0.4, -0.2) is 46.2 Å². The number of aromatic nitrogens is 2. The van der Waals surface area contributed by atoms with Crippen molar-refractivity contribution in [1.29, 1.82) is 0 Å². The third-order valence-corrected chi connectivity index (χ3v) is 6.38. The van der Waals surface area contributed by atoms with Crippen molar-refractivity contribution in [1.82, 2.24) is 14.9 Å². The lowest BCUT2D eigenvalue weighted by Crippen LogP contribution is -2.42. The molecule has 3 amide bonds. The molecule has 0 bridgehead atoms. The van der Waals surface area contributed by atoms with Crippen LogP contribution in [0.5, 0.6) is 5.75 Å². The molecule has 3 heterocycles. The second kappa shape index (κ2) is 8.44. The third-order valence-electron chi connectivity index (χ3n) is 5.33. The predicted molar refractivity (Wildman–Crippen MR) is 123 cm³/mol. The minimum absolute atomic E-state index is 0.153. The van der Waals surface area contributed by atoms with Crippen LogP contribution in [0.25, 0.3) is 10.2 Å². The summed E-state index contributed by atoms with van der Waals surface area (Å²) in [7, 11) is 1.59. The number of carbonyl (C=O) groups is 3. The molecule has 0 saturated carbocycles. The van der Waals surface area contributed by atoms with Crippen LogP contribution in [-0.2, 0) is 11.3 Å². The van der Waals surface area contributed by atoms with Crippen LogP contribution in [0, 0.1) is 0 Å². The fourth-order valence-corrected chi connectivity index (χ4v) is 4.67. The van der Waals surface area contributed by atoms with E-state index < -0.39 is 24.3 Å². The average molecular weight is 458 g/mol. The molecule has 0 unspecified atom stereocenters. The van der Waals surface area contributed by atoms with Gasteiger partial charge < -0.3 is 4.74 Å². The topological polar surface area (TPSA) is 92.7 Å². The first-order valence-corrected chi connectivity index (χ1v) is 11.0. The molecule has 0 spiro atoms. The van der Waals surface area contributed by atoms with E-state index in [2.05, 4.69) is 9.97 Å². The second-order valence-corrected chi connectivity index (χ2v) is 8.38. The molecular formula is C24H18N4O4S. The number of ether oxygens (including phenoxy) is 1. The van der Waals surface area contributed by atoms with Gasteiger partial charge in [-0.3, -0.25) is 29.2 Å². The summed E-state index contributed by atoms with van der Waals surface area (Å²) in [6, 6.07) is 17.5. The van der Waals surface area contributed by atoms with E-state index in [1.54, 1.807) is 55.8 Å². The summed E-state index contributed by atoms with van der Waals surface area (Å²) in [6.07, 6.45) is 1.64. The normalized spacial score (nSPS) is 12.8. The van der Waals surface area contributed by atoms with Gasteiger partial charge in [0.15, 0.2) is 5.13 Å². The van der Waals surface area contributed by atoms with Crippen LogP contribution < -0.4 is 9.64 Å². The standard InChI is InChI=1S/C24H18N4O4S/c1-32-16-9-10-19-20(12-16)33-24(26-19)27(13-15-6-4-5-11-25-15)21(29)14-28-22(30)17-7-2-3-8-18(17)23(28)31/h2-12H,13-14H2,1H3. The number of pyridine rings is 1. The summed E-state index contributed by atoms with van der Waals surface area (Å²) in [5.74, 6) is -0.695. The fraction of sp³-hybridized carbons (Fsp3) is 0.125. The molecule has 0 N–H and O–H groups in total. The summed E-state index contributed by atoms with van der Waals surface area (Å²) < 4.78 is 6.14. The lowest BCUT2D eigenvalue weighted by atomic mass is 10.1. The largest absolute Gasteiger partial charge is 0.497 e. The molecule has 33 heavy (non-hydrogen) atoms. The van der Waals surface area contributed by atoms with Gasteiger partial charge in [-0.05, 0) is 42.5 Å². The number of carbonyl (C=O) groups excluding carboxylic acids is 3. The first kappa shape index (κ1) is 20.8. The highest BCUT2D eigenvalue weighted by Crippen LogP contribution is 2.32. The van der Waals surface area contributed by atoms with E-state index in [4.69, 9.17) is 4.74 Å². The van der Waals surface area contributed by atoms with Crippen LogP contribution in [0.1, 0.15) is 26.4 Å². The van der Waals surface area contributed by atoms with E-state index >= 15 is 0 Å². The molecule has 2 aromatic heterocycles. The van der Waals surface area contributed by atoms with Crippen molar-refractivity contribution in [2.24, 2.45) is 0 Å². The maximum absolute atomic E-state index is 13.4. The summed E-state index contributed by atoms with van der Waals surface area (Å²) in [5.41, 5.74) is 1.98. The predicted octanol–water partition coefficient (Wildman–Crippen LogP) is 3.53. The van der Waals surface area contributed by atoms with Gasteiger partial charge in [-0.2, -0.15) is 0 Å². The zero-order chi connectivity index (χ0) is 22.9. The van der Waals surface area contributed by atoms with Gasteiger partial charge in [-0.1, -0.05) is 29.5 Å². The van der Waals surface area contributed by atoms with Crippen LogP contribution in [0.3, 0.4) is 0 Å². The van der Waals surface area contributed by atoms with Gasteiger partial charge in [0, 0.05) is 6.20 Å². The lowest BCUT2D eigenvalue weighted by Gasteiger charge is -2.22. The number of fused-ring (bicyclic) bond motifs is 2. The molecule has 1 aliphatic heterocycles. The van der Waals surface area contributed by atoms with Crippen molar-refractivity contribution in [3.05, 3.63) is 83.7 Å². The van der Waals surface area contributed by atoms with E-state index in [-0.39, 0.29) is 6.54 Å². The Morgan fingerprint density at radius 1 is 1.03 bits per heavy atom. The number of benzene rings is 2. The molecule has 0 aliphatic carbocycles. The summed E-state index contributed by atoms with van der Waals surface area (Å²) >= 11 is 1.33. The Bertz CT molecular complexity index is 1350. The summed E-state index contributed by atoms with van der Waals surface area (Å²) in [5, 5.41) is 0.450. The summed E-state index contributed by atoms with van der Waals surface area (Å²) in [6.45, 7) is -0.238. The van der Waals surface area contributed by atoms with Crippen LogP contribution >= 0.6 is 11.3 Å². The van der Waals surface area contributed by atoms with Gasteiger partial charge in [-0.15, -0.1) is 0 Å². The minimum atomic E-state index is -0.476. The molecule has 4 aromatic rings. The Kier molecular flexibility index (Phi) is 5.31. The van der Waals surface area contributed by atoms with Crippen molar-refractivity contribution < 1.29 is 19.1 Å². The van der Waals surface area contributed by atoms with E-state index in [0.717, 1.165) is 15.1 Å². The maximum atomic E-state index is 13.4. The number of anilines is 1. The Morgan fingerprint density at radius 3 is 2.42 bits per heavy atom. The molecule has 5 rings (SSSR count). The number of amides is 3. The van der Waals surface area contributed by atoms with Gasteiger partial charge in [-0.25, -0.2) is 4.98 Å². The zero-order valence-corrected chi connectivity index (χ0v) is 18.4. The molecule has 8 nitrogen and oxygen atoms in total. The monoisotopic (exact) mass is 458 g/mol. The van der Waals surface area contributed by atoms with E-state index in [9.17, 15) is 14.4 Å². The SMILES string of the molecule is COc1ccc2nc(N(Cc3ccccn3)C(=O)CN3C(=O)c4ccccc4C3=O)sc2c1. The quantitative estimate of drug-likeness (QED) is 0.411. The fourth-order valence-electron chi connectivity index (χ4n) is 3.65. The first-order chi connectivity index (χ1) is 16.0. The Labute approximate surface area is 193 Å². The van der Waals surface area contributed by atoms with Crippen molar-refractivity contribution in [3.63, 3.8) is 0 Å². The number of imide groups is 1. The minimum Gasteiger partial charge on any atom is -0.497 e.